The van der Waals surface area contributed by atoms with E-state index in [1.54, 1.807) is 29.8 Å². The number of rotatable bonds is 5. The first-order valence-electron chi connectivity index (χ1n) is 8.90. The Morgan fingerprint density at radius 2 is 1.82 bits per heavy atom. The lowest BCUT2D eigenvalue weighted by Gasteiger charge is -2.15. The van der Waals surface area contributed by atoms with Crippen LogP contribution in [0.25, 0.3) is 11.3 Å². The van der Waals surface area contributed by atoms with E-state index in [1.165, 1.54) is 22.9 Å². The SMILES string of the molecule is Cc1nn(C)c(C)c1-c1ccc(=O)n(C(C)C(=O)NCc2ccc(F)cc2)n1. The Hall–Kier alpha value is -3.29. The van der Waals surface area contributed by atoms with Crippen molar-refractivity contribution in [2.75, 3.05) is 0 Å². The van der Waals surface area contributed by atoms with Crippen LogP contribution < -0.4 is 10.9 Å². The van der Waals surface area contributed by atoms with Gasteiger partial charge in [0.25, 0.3) is 5.56 Å². The lowest BCUT2D eigenvalue weighted by molar-refractivity contribution is -0.124. The minimum absolute atomic E-state index is 0.235. The molecule has 8 heteroatoms. The first-order chi connectivity index (χ1) is 13.3. The molecule has 3 aromatic rings. The number of hydrogen-bond acceptors (Lipinski definition) is 4. The molecule has 0 spiro atoms. The average Bonchev–Trinajstić information content (AvgIpc) is 2.93. The van der Waals surface area contributed by atoms with Gasteiger partial charge < -0.3 is 5.32 Å². The van der Waals surface area contributed by atoms with Gasteiger partial charge in [0.15, 0.2) is 0 Å². The molecule has 1 amide bonds. The van der Waals surface area contributed by atoms with E-state index in [1.807, 2.05) is 20.9 Å². The Morgan fingerprint density at radius 3 is 2.43 bits per heavy atom. The number of nitrogens with one attached hydrogen (secondary N) is 1. The minimum atomic E-state index is -0.801. The Bertz CT molecular complexity index is 1070. The van der Waals surface area contributed by atoms with Gasteiger partial charge >= 0.3 is 0 Å². The van der Waals surface area contributed by atoms with Gasteiger partial charge in [-0.3, -0.25) is 14.3 Å². The number of halogens is 1. The van der Waals surface area contributed by atoms with Gasteiger partial charge in [0, 0.05) is 30.9 Å². The molecule has 1 N–H and O–H groups in total. The molecule has 1 aromatic carbocycles. The van der Waals surface area contributed by atoms with Crippen molar-refractivity contribution in [3.63, 3.8) is 0 Å². The topological polar surface area (TPSA) is 81.8 Å². The van der Waals surface area contributed by atoms with E-state index in [9.17, 15) is 14.0 Å². The molecule has 3 rings (SSSR count). The van der Waals surface area contributed by atoms with Gasteiger partial charge in [-0.2, -0.15) is 10.2 Å². The number of benzene rings is 1. The monoisotopic (exact) mass is 383 g/mol. The summed E-state index contributed by atoms with van der Waals surface area (Å²) in [5.41, 5.74) is 3.54. The van der Waals surface area contributed by atoms with Crippen molar-refractivity contribution < 1.29 is 9.18 Å². The van der Waals surface area contributed by atoms with Crippen LogP contribution in [0.5, 0.6) is 0 Å². The molecule has 0 aliphatic rings. The van der Waals surface area contributed by atoms with Crippen LogP contribution >= 0.6 is 0 Å². The number of carbonyl (C=O) groups is 1. The summed E-state index contributed by atoms with van der Waals surface area (Å²) in [4.78, 5) is 24.8. The summed E-state index contributed by atoms with van der Waals surface area (Å²) in [6.07, 6.45) is 0. The maximum Gasteiger partial charge on any atom is 0.267 e. The van der Waals surface area contributed by atoms with E-state index >= 15 is 0 Å². The zero-order valence-electron chi connectivity index (χ0n) is 16.2. The largest absolute Gasteiger partial charge is 0.350 e. The fraction of sp³-hybridized carbons (Fsp3) is 0.300. The molecule has 146 valence electrons. The van der Waals surface area contributed by atoms with Crippen molar-refractivity contribution in [2.45, 2.75) is 33.4 Å². The average molecular weight is 383 g/mol. The molecule has 1 unspecified atom stereocenters. The van der Waals surface area contributed by atoms with Gasteiger partial charge in [0.2, 0.25) is 5.91 Å². The summed E-state index contributed by atoms with van der Waals surface area (Å²) >= 11 is 0. The summed E-state index contributed by atoms with van der Waals surface area (Å²) in [7, 11) is 1.84. The third kappa shape index (κ3) is 3.85. The van der Waals surface area contributed by atoms with Gasteiger partial charge in [0.05, 0.1) is 11.4 Å². The van der Waals surface area contributed by atoms with Crippen LogP contribution in [0.3, 0.4) is 0 Å². The Balaban J connectivity index is 1.82. The molecule has 2 heterocycles. The Labute approximate surface area is 161 Å². The highest BCUT2D eigenvalue weighted by Crippen LogP contribution is 2.24. The van der Waals surface area contributed by atoms with Crippen molar-refractivity contribution >= 4 is 5.91 Å². The lowest BCUT2D eigenvalue weighted by Crippen LogP contribution is -2.36. The standard InChI is InChI=1S/C20H22FN5O2/c1-12-19(13(2)25(4)23-12)17-9-10-18(27)26(24-17)14(3)20(28)22-11-15-5-7-16(21)8-6-15/h5-10,14H,11H2,1-4H3,(H,22,28). The van der Waals surface area contributed by atoms with Gasteiger partial charge in [0.1, 0.15) is 11.9 Å². The van der Waals surface area contributed by atoms with Crippen molar-refractivity contribution in [3.05, 3.63) is 69.5 Å². The predicted octanol–water partition coefficient (Wildman–Crippen LogP) is 2.28. The maximum atomic E-state index is 13.0. The zero-order valence-corrected chi connectivity index (χ0v) is 16.2. The van der Waals surface area contributed by atoms with Crippen LogP contribution in [-0.4, -0.2) is 25.5 Å². The second-order valence-electron chi connectivity index (χ2n) is 6.69. The van der Waals surface area contributed by atoms with E-state index in [4.69, 9.17) is 0 Å². The Morgan fingerprint density at radius 1 is 1.14 bits per heavy atom. The zero-order chi connectivity index (χ0) is 20.4. The van der Waals surface area contributed by atoms with Crippen molar-refractivity contribution in [1.82, 2.24) is 24.9 Å². The normalized spacial score (nSPS) is 12.0. The first kappa shape index (κ1) is 19.5. The molecule has 7 nitrogen and oxygen atoms in total. The molecule has 0 aliphatic carbocycles. The third-order valence-corrected chi connectivity index (χ3v) is 4.72. The third-order valence-electron chi connectivity index (χ3n) is 4.72. The summed E-state index contributed by atoms with van der Waals surface area (Å²) in [5, 5.41) is 11.5. The lowest BCUT2D eigenvalue weighted by atomic mass is 10.1. The van der Waals surface area contributed by atoms with E-state index in [2.05, 4.69) is 15.5 Å². The molecule has 0 bridgehead atoms. The Kier molecular flexibility index (Phi) is 5.39. The van der Waals surface area contributed by atoms with Gasteiger partial charge in [-0.25, -0.2) is 9.07 Å². The molecule has 0 aliphatic heterocycles. The molecule has 0 radical (unpaired) electrons. The molecule has 2 aromatic heterocycles. The summed E-state index contributed by atoms with van der Waals surface area (Å²) < 4.78 is 15.9. The van der Waals surface area contributed by atoms with Crippen molar-refractivity contribution in [2.24, 2.45) is 7.05 Å². The van der Waals surface area contributed by atoms with Crippen molar-refractivity contribution in [1.29, 1.82) is 0 Å². The number of aryl methyl sites for hydroxylation is 2. The summed E-state index contributed by atoms with van der Waals surface area (Å²) in [5.74, 6) is -0.687. The highest BCUT2D eigenvalue weighted by atomic mass is 19.1. The van der Waals surface area contributed by atoms with Crippen molar-refractivity contribution in [3.8, 4) is 11.3 Å². The van der Waals surface area contributed by atoms with E-state index in [0.717, 1.165) is 22.5 Å². The fourth-order valence-corrected chi connectivity index (χ4v) is 3.03. The summed E-state index contributed by atoms with van der Waals surface area (Å²) in [6, 6.07) is 8.10. The van der Waals surface area contributed by atoms with Crippen LogP contribution in [0.1, 0.15) is 29.9 Å². The van der Waals surface area contributed by atoms with Gasteiger partial charge in [-0.05, 0) is 44.5 Å². The van der Waals surface area contributed by atoms with Crippen LogP contribution in [-0.2, 0) is 18.4 Å². The smallest absolute Gasteiger partial charge is 0.267 e. The van der Waals surface area contributed by atoms with E-state index < -0.39 is 6.04 Å². The minimum Gasteiger partial charge on any atom is -0.350 e. The quantitative estimate of drug-likeness (QED) is 0.733. The molecular formula is C20H22FN5O2. The summed E-state index contributed by atoms with van der Waals surface area (Å²) in [6.45, 7) is 5.64. The molecule has 0 saturated heterocycles. The maximum absolute atomic E-state index is 13.0. The van der Waals surface area contributed by atoms with Crippen LogP contribution in [0.15, 0.2) is 41.2 Å². The van der Waals surface area contributed by atoms with Crippen LogP contribution in [0.4, 0.5) is 4.39 Å². The predicted molar refractivity (Wildman–Crippen MR) is 103 cm³/mol. The van der Waals surface area contributed by atoms with Gasteiger partial charge in [-0.15, -0.1) is 0 Å². The second kappa shape index (κ2) is 7.75. The number of aromatic nitrogens is 4. The number of hydrogen-bond donors (Lipinski definition) is 1. The number of carbonyl (C=O) groups excluding carboxylic acids is 1. The van der Waals surface area contributed by atoms with E-state index in [-0.39, 0.29) is 23.8 Å². The highest BCUT2D eigenvalue weighted by molar-refractivity contribution is 5.79. The first-order valence-corrected chi connectivity index (χ1v) is 8.90. The highest BCUT2D eigenvalue weighted by Gasteiger charge is 2.20. The molecule has 1 atom stereocenters. The van der Waals surface area contributed by atoms with Gasteiger partial charge in [-0.1, -0.05) is 12.1 Å². The number of amides is 1. The van der Waals surface area contributed by atoms with Crippen LogP contribution in [0, 0.1) is 19.7 Å². The molecule has 0 saturated carbocycles. The molecule has 0 fully saturated rings. The second-order valence-corrected chi connectivity index (χ2v) is 6.69. The molecule has 28 heavy (non-hydrogen) atoms. The van der Waals surface area contributed by atoms with Crippen LogP contribution in [0.2, 0.25) is 0 Å². The number of nitrogens with zero attached hydrogens (tertiary/aromatic N) is 4. The van der Waals surface area contributed by atoms with E-state index in [0.29, 0.717) is 5.69 Å². The molecular weight excluding hydrogens is 361 g/mol. The fourth-order valence-electron chi connectivity index (χ4n) is 3.03.